The molecule has 0 saturated carbocycles. The van der Waals surface area contributed by atoms with E-state index in [1.165, 1.54) is 5.56 Å². The van der Waals surface area contributed by atoms with Crippen LogP contribution >= 0.6 is 11.3 Å². The summed E-state index contributed by atoms with van der Waals surface area (Å²) in [6.07, 6.45) is 2.61. The zero-order chi connectivity index (χ0) is 19.6. The average molecular weight is 394 g/mol. The lowest BCUT2D eigenvalue weighted by molar-refractivity contribution is -0.119. The molecule has 1 fully saturated rings. The highest BCUT2D eigenvalue weighted by Crippen LogP contribution is 2.24. The molecule has 1 amide bonds. The maximum Gasteiger partial charge on any atom is 0.217 e. The fourth-order valence-electron chi connectivity index (χ4n) is 3.87. The van der Waals surface area contributed by atoms with Gasteiger partial charge in [0.1, 0.15) is 0 Å². The van der Waals surface area contributed by atoms with E-state index >= 15 is 0 Å². The van der Waals surface area contributed by atoms with Crippen molar-refractivity contribution >= 4 is 23.2 Å². The minimum absolute atomic E-state index is 0.206. The first-order valence-electron chi connectivity index (χ1n) is 10.2. The van der Waals surface area contributed by atoms with Gasteiger partial charge in [0.05, 0.1) is 12.6 Å². The van der Waals surface area contributed by atoms with Crippen LogP contribution in [-0.2, 0) is 4.79 Å². The molecule has 1 aromatic rings. The number of amides is 1. The van der Waals surface area contributed by atoms with Gasteiger partial charge in [-0.25, -0.2) is 0 Å². The highest BCUT2D eigenvalue weighted by molar-refractivity contribution is 7.07. The molecule has 0 aromatic carbocycles. The Kier molecular flexibility index (Phi) is 9.07. The van der Waals surface area contributed by atoms with E-state index in [2.05, 4.69) is 52.7 Å². The van der Waals surface area contributed by atoms with E-state index in [4.69, 9.17) is 10.7 Å². The average Bonchev–Trinajstić information content (AvgIpc) is 3.18. The summed E-state index contributed by atoms with van der Waals surface area (Å²) in [6.45, 7) is 11.9. The number of likely N-dealkylation sites (N-methyl/N-ethyl adjacent to an activating group) is 1. The van der Waals surface area contributed by atoms with Crippen LogP contribution < -0.4 is 11.1 Å². The van der Waals surface area contributed by atoms with E-state index < -0.39 is 0 Å². The Morgan fingerprint density at radius 1 is 1.44 bits per heavy atom. The van der Waals surface area contributed by atoms with Crippen molar-refractivity contribution < 1.29 is 4.79 Å². The fraction of sp³-hybridized carbons (Fsp3) is 0.700. The summed E-state index contributed by atoms with van der Waals surface area (Å²) in [4.78, 5) is 21.1. The third kappa shape index (κ3) is 6.50. The lowest BCUT2D eigenvalue weighted by Crippen LogP contribution is -2.47. The molecule has 1 aliphatic rings. The number of likely N-dealkylation sites (tertiary alicyclic amines) is 1. The summed E-state index contributed by atoms with van der Waals surface area (Å²) < 4.78 is 0. The molecule has 1 aromatic heterocycles. The molecule has 1 saturated heterocycles. The van der Waals surface area contributed by atoms with Crippen molar-refractivity contribution in [3.8, 4) is 0 Å². The normalized spacial score (nSPS) is 19.3. The first-order chi connectivity index (χ1) is 13.1. The topological polar surface area (TPSA) is 74.0 Å². The quantitative estimate of drug-likeness (QED) is 0.500. The standard InChI is InChI=1S/C20H35N5OS/c1-4-22-20(25-10-7-8-16(14-25)12-19(21)26)23-13-18(24(5-2)6-3)17-9-11-27-15-17/h9,11,15-16,18H,4-8,10,12-14H2,1-3H3,(H2,21,26)(H,22,23). The summed E-state index contributed by atoms with van der Waals surface area (Å²) in [5, 5.41) is 7.82. The maximum absolute atomic E-state index is 11.3. The van der Waals surface area contributed by atoms with Crippen molar-refractivity contribution in [3.63, 3.8) is 0 Å². The third-order valence-electron chi connectivity index (χ3n) is 5.24. The predicted octanol–water partition coefficient (Wildman–Crippen LogP) is 2.68. The number of rotatable bonds is 9. The van der Waals surface area contributed by atoms with Crippen LogP contribution in [0.3, 0.4) is 0 Å². The summed E-state index contributed by atoms with van der Waals surface area (Å²) in [5.41, 5.74) is 6.75. The predicted molar refractivity (Wildman–Crippen MR) is 114 cm³/mol. The van der Waals surface area contributed by atoms with Crippen LogP contribution in [0, 0.1) is 5.92 Å². The van der Waals surface area contributed by atoms with Crippen LogP contribution in [0.15, 0.2) is 21.8 Å². The van der Waals surface area contributed by atoms with Crippen molar-refractivity contribution in [3.05, 3.63) is 22.4 Å². The zero-order valence-electron chi connectivity index (χ0n) is 17.0. The Balaban J connectivity index is 2.13. The number of thiophene rings is 1. The molecule has 0 radical (unpaired) electrons. The molecule has 27 heavy (non-hydrogen) atoms. The third-order valence-corrected chi connectivity index (χ3v) is 5.94. The molecule has 2 heterocycles. The van der Waals surface area contributed by atoms with Crippen molar-refractivity contribution in [1.29, 1.82) is 0 Å². The van der Waals surface area contributed by atoms with Crippen molar-refractivity contribution in [2.24, 2.45) is 16.6 Å². The number of guanidine groups is 1. The number of hydrogen-bond donors (Lipinski definition) is 2. The smallest absolute Gasteiger partial charge is 0.217 e. The molecule has 2 rings (SSSR count). The molecule has 3 N–H and O–H groups in total. The van der Waals surface area contributed by atoms with Crippen LogP contribution in [0.1, 0.15) is 51.6 Å². The summed E-state index contributed by atoms with van der Waals surface area (Å²) >= 11 is 1.74. The Morgan fingerprint density at radius 3 is 2.81 bits per heavy atom. The number of piperidine rings is 1. The molecule has 2 atom stereocenters. The zero-order valence-corrected chi connectivity index (χ0v) is 17.8. The molecule has 6 nitrogen and oxygen atoms in total. The first-order valence-corrected chi connectivity index (χ1v) is 11.1. The monoisotopic (exact) mass is 393 g/mol. The summed E-state index contributed by atoms with van der Waals surface area (Å²) in [7, 11) is 0. The molecule has 1 aliphatic heterocycles. The highest BCUT2D eigenvalue weighted by Gasteiger charge is 2.24. The van der Waals surface area contributed by atoms with E-state index in [0.717, 1.165) is 58.1 Å². The molecule has 2 unspecified atom stereocenters. The van der Waals surface area contributed by atoms with E-state index in [9.17, 15) is 4.79 Å². The number of nitrogens with two attached hydrogens (primary N) is 1. The van der Waals surface area contributed by atoms with Crippen LogP contribution in [0.4, 0.5) is 0 Å². The Hall–Kier alpha value is -1.60. The van der Waals surface area contributed by atoms with Gasteiger partial charge in [-0.2, -0.15) is 11.3 Å². The second-order valence-corrected chi connectivity index (χ2v) is 7.89. The SMILES string of the molecule is CCNC(=NCC(c1ccsc1)N(CC)CC)N1CCCC(CC(N)=O)C1. The molecular weight excluding hydrogens is 358 g/mol. The van der Waals surface area contributed by atoms with Crippen LogP contribution in [0.2, 0.25) is 0 Å². The van der Waals surface area contributed by atoms with Crippen LogP contribution in [0.25, 0.3) is 0 Å². The molecule has 0 spiro atoms. The number of hydrogen-bond acceptors (Lipinski definition) is 4. The second-order valence-electron chi connectivity index (χ2n) is 7.11. The van der Waals surface area contributed by atoms with Gasteiger partial charge in [0.2, 0.25) is 5.91 Å². The number of carbonyl (C=O) groups excluding carboxylic acids is 1. The van der Waals surface area contributed by atoms with E-state index in [1.54, 1.807) is 11.3 Å². The number of nitrogens with one attached hydrogen (secondary N) is 1. The van der Waals surface area contributed by atoms with Gasteiger partial charge >= 0.3 is 0 Å². The van der Waals surface area contributed by atoms with Gasteiger partial charge in [-0.1, -0.05) is 13.8 Å². The van der Waals surface area contributed by atoms with Gasteiger partial charge in [-0.15, -0.1) is 0 Å². The number of nitrogens with zero attached hydrogens (tertiary/aromatic N) is 3. The highest BCUT2D eigenvalue weighted by atomic mass is 32.1. The largest absolute Gasteiger partial charge is 0.370 e. The van der Waals surface area contributed by atoms with Crippen LogP contribution in [0.5, 0.6) is 0 Å². The number of carbonyl (C=O) groups is 1. The van der Waals surface area contributed by atoms with Gasteiger partial charge in [0.15, 0.2) is 5.96 Å². The Bertz CT molecular complexity index is 585. The van der Waals surface area contributed by atoms with Gasteiger partial charge < -0.3 is 16.0 Å². The molecule has 0 bridgehead atoms. The van der Waals surface area contributed by atoms with Gasteiger partial charge in [-0.05, 0) is 61.2 Å². The number of aliphatic imine (C=N–C) groups is 1. The molecule has 0 aliphatic carbocycles. The van der Waals surface area contributed by atoms with E-state index in [0.29, 0.717) is 18.4 Å². The minimum Gasteiger partial charge on any atom is -0.370 e. The van der Waals surface area contributed by atoms with Gasteiger partial charge in [-0.3, -0.25) is 14.7 Å². The van der Waals surface area contributed by atoms with Gasteiger partial charge in [0, 0.05) is 26.1 Å². The van der Waals surface area contributed by atoms with Crippen molar-refractivity contribution in [1.82, 2.24) is 15.1 Å². The minimum atomic E-state index is -0.206. The van der Waals surface area contributed by atoms with Crippen molar-refractivity contribution in [2.45, 2.75) is 46.1 Å². The Morgan fingerprint density at radius 2 is 2.22 bits per heavy atom. The van der Waals surface area contributed by atoms with E-state index in [-0.39, 0.29) is 5.91 Å². The Labute approximate surface area is 167 Å². The van der Waals surface area contributed by atoms with E-state index in [1.807, 2.05) is 0 Å². The maximum atomic E-state index is 11.3. The summed E-state index contributed by atoms with van der Waals surface area (Å²) in [6, 6.07) is 2.51. The molecule has 7 heteroatoms. The number of primary amides is 1. The lowest BCUT2D eigenvalue weighted by atomic mass is 9.95. The van der Waals surface area contributed by atoms with Crippen LogP contribution in [-0.4, -0.2) is 60.9 Å². The van der Waals surface area contributed by atoms with Gasteiger partial charge in [0.25, 0.3) is 0 Å². The lowest BCUT2D eigenvalue weighted by Gasteiger charge is -2.35. The van der Waals surface area contributed by atoms with Crippen molar-refractivity contribution in [2.75, 3.05) is 39.3 Å². The fourth-order valence-corrected chi connectivity index (χ4v) is 4.58. The summed E-state index contributed by atoms with van der Waals surface area (Å²) in [5.74, 6) is 1.08. The second kappa shape index (κ2) is 11.3. The molecule has 152 valence electrons. The molecular formula is C20H35N5OS. The first kappa shape index (κ1) is 21.7.